The summed E-state index contributed by atoms with van der Waals surface area (Å²) in [4.78, 5) is 10.7. The summed E-state index contributed by atoms with van der Waals surface area (Å²) in [5.74, 6) is -1.27. The average Bonchev–Trinajstić information content (AvgIpc) is 2.29. The minimum Gasteiger partial charge on any atom is -0.481 e. The third kappa shape index (κ3) is 4.34. The van der Waals surface area contributed by atoms with Gasteiger partial charge in [0.2, 0.25) is 0 Å². The Kier molecular flexibility index (Phi) is 6.04. The molecule has 0 heterocycles. The van der Waals surface area contributed by atoms with E-state index in [9.17, 15) is 9.18 Å². The van der Waals surface area contributed by atoms with Crippen LogP contribution in [0.4, 0.5) is 4.39 Å². The van der Waals surface area contributed by atoms with E-state index in [2.05, 4.69) is 0 Å². The van der Waals surface area contributed by atoms with Crippen molar-refractivity contribution in [2.45, 2.75) is 25.7 Å². The minimum atomic E-state index is -0.855. The van der Waals surface area contributed by atoms with Crippen molar-refractivity contribution in [2.24, 2.45) is 0 Å². The minimum absolute atomic E-state index is 0.0406. The summed E-state index contributed by atoms with van der Waals surface area (Å²) in [6.45, 7) is 1.91. The molecule has 1 aromatic rings. The van der Waals surface area contributed by atoms with Crippen LogP contribution in [0.15, 0.2) is 18.2 Å². The van der Waals surface area contributed by atoms with E-state index >= 15 is 0 Å². The predicted octanol–water partition coefficient (Wildman–Crippen LogP) is 4.17. The molecular formula is C11H12FIO3S. The first-order valence-corrected chi connectivity index (χ1v) is 8.33. The second-order valence-corrected chi connectivity index (χ2v) is 4.91. The van der Waals surface area contributed by atoms with E-state index in [-0.39, 0.29) is 18.1 Å². The Morgan fingerprint density at radius 3 is 2.88 bits per heavy atom. The zero-order valence-corrected chi connectivity index (χ0v) is 12.1. The molecule has 6 heteroatoms. The van der Waals surface area contributed by atoms with Crippen LogP contribution in [0.3, 0.4) is 0 Å². The first-order chi connectivity index (χ1) is 8.08. The lowest BCUT2D eigenvalue weighted by molar-refractivity contribution is -0.137. The molecule has 0 saturated carbocycles. The van der Waals surface area contributed by atoms with Crippen LogP contribution in [0.2, 0.25) is 0 Å². The number of carbonyl (C=O) groups is 1. The van der Waals surface area contributed by atoms with Crippen molar-refractivity contribution in [1.29, 1.82) is 0 Å². The monoisotopic (exact) mass is 370 g/mol. The number of hydrogen-bond donors (Lipinski definition) is 1. The topological polar surface area (TPSA) is 46.5 Å². The maximum Gasteiger partial charge on any atom is 0.303 e. The van der Waals surface area contributed by atoms with Gasteiger partial charge in [-0.1, -0.05) is 13.0 Å². The van der Waals surface area contributed by atoms with Crippen molar-refractivity contribution >= 4 is 36.4 Å². The fraction of sp³-hybridized carbons (Fsp3) is 0.364. The summed E-state index contributed by atoms with van der Waals surface area (Å²) in [7, 11) is 1.02. The van der Waals surface area contributed by atoms with Gasteiger partial charge in [0.05, 0.1) is 6.42 Å². The van der Waals surface area contributed by atoms with Gasteiger partial charge in [0.1, 0.15) is 9.21 Å². The lowest BCUT2D eigenvalue weighted by Crippen LogP contribution is -2.05. The highest BCUT2D eigenvalue weighted by molar-refractivity contribution is 14.2. The molecule has 0 aliphatic carbocycles. The largest absolute Gasteiger partial charge is 0.481 e. The molecule has 3 nitrogen and oxygen atoms in total. The van der Waals surface area contributed by atoms with Crippen LogP contribution < -0.4 is 4.18 Å². The predicted molar refractivity (Wildman–Crippen MR) is 73.9 cm³/mol. The number of aliphatic carboxylic acids is 1. The molecule has 0 aliphatic heterocycles. The summed E-state index contributed by atoms with van der Waals surface area (Å²) in [6.07, 6.45) is 0.730. The maximum atomic E-state index is 13.3. The molecule has 17 heavy (non-hydrogen) atoms. The summed E-state index contributed by atoms with van der Waals surface area (Å²) in [5.41, 5.74) is 0.789. The number of carboxylic acid groups (broad SMARTS) is 1. The van der Waals surface area contributed by atoms with E-state index < -0.39 is 11.8 Å². The maximum absolute atomic E-state index is 13.3. The highest BCUT2D eigenvalue weighted by atomic mass is 127. The van der Waals surface area contributed by atoms with E-state index in [0.717, 1.165) is 14.8 Å². The van der Waals surface area contributed by atoms with Crippen molar-refractivity contribution < 1.29 is 18.5 Å². The highest BCUT2D eigenvalue weighted by Crippen LogP contribution is 2.30. The molecule has 1 unspecified atom stereocenters. The Balaban J connectivity index is 2.95. The summed E-state index contributed by atoms with van der Waals surface area (Å²) >= 11 is 1.90. The molecule has 0 aliphatic rings. The van der Waals surface area contributed by atoms with Gasteiger partial charge in [-0.25, -0.2) is 4.39 Å². The van der Waals surface area contributed by atoms with Gasteiger partial charge in [0.15, 0.2) is 11.6 Å². The Labute approximate surface area is 116 Å². The van der Waals surface area contributed by atoms with E-state index in [0.29, 0.717) is 6.42 Å². The van der Waals surface area contributed by atoms with Crippen LogP contribution in [0.25, 0.3) is 0 Å². The molecule has 1 aromatic carbocycles. The van der Waals surface area contributed by atoms with Crippen LogP contribution in [-0.4, -0.2) is 11.1 Å². The Bertz CT molecular complexity index is 400. The quantitative estimate of drug-likeness (QED) is 0.603. The van der Waals surface area contributed by atoms with Crippen molar-refractivity contribution in [3.63, 3.8) is 0 Å². The van der Waals surface area contributed by atoms with E-state index in [1.165, 1.54) is 6.07 Å². The number of carboxylic acids is 1. The van der Waals surface area contributed by atoms with Crippen LogP contribution in [0.5, 0.6) is 5.75 Å². The van der Waals surface area contributed by atoms with Crippen LogP contribution in [0.1, 0.15) is 31.2 Å². The molecule has 0 aromatic heterocycles. The van der Waals surface area contributed by atoms with Gasteiger partial charge in [0, 0.05) is 21.2 Å². The number of hydrogen-bond acceptors (Lipinski definition) is 3. The van der Waals surface area contributed by atoms with Gasteiger partial charge in [-0.3, -0.25) is 4.79 Å². The molecule has 0 bridgehead atoms. The van der Waals surface area contributed by atoms with E-state index in [4.69, 9.17) is 9.29 Å². The van der Waals surface area contributed by atoms with Gasteiger partial charge < -0.3 is 9.29 Å². The normalized spacial score (nSPS) is 12.2. The Morgan fingerprint density at radius 2 is 2.35 bits per heavy atom. The van der Waals surface area contributed by atoms with Crippen LogP contribution in [-0.2, 0) is 4.79 Å². The van der Waals surface area contributed by atoms with Gasteiger partial charge in [-0.2, -0.15) is 0 Å². The molecule has 0 fully saturated rings. The SMILES string of the molecule is CCC(CC(=O)O)c1ccc(F)c(OSI)c1. The first kappa shape index (κ1) is 14.6. The third-order valence-corrected chi connectivity index (χ3v) is 3.24. The zero-order chi connectivity index (χ0) is 12.8. The molecule has 0 spiro atoms. The molecule has 1 atom stereocenters. The summed E-state index contributed by atoms with van der Waals surface area (Å²) in [5, 5.41) is 8.79. The van der Waals surface area contributed by atoms with Crippen LogP contribution in [0, 0.1) is 5.82 Å². The van der Waals surface area contributed by atoms with E-state index in [1.54, 1.807) is 12.1 Å². The van der Waals surface area contributed by atoms with Crippen molar-refractivity contribution in [2.75, 3.05) is 0 Å². The van der Waals surface area contributed by atoms with Gasteiger partial charge in [-0.05, 0) is 30.0 Å². The standard InChI is InChI=1S/C11H12FIO3S/c1-2-7(6-11(14)15)8-3-4-9(12)10(5-8)16-17-13/h3-5,7H,2,6H2,1H3,(H,14,15). The highest BCUT2D eigenvalue weighted by Gasteiger charge is 2.16. The zero-order valence-electron chi connectivity index (χ0n) is 9.15. The lowest BCUT2D eigenvalue weighted by atomic mass is 9.93. The van der Waals surface area contributed by atoms with E-state index in [1.807, 2.05) is 28.1 Å². The molecule has 1 N–H and O–H groups in total. The summed E-state index contributed by atoms with van der Waals surface area (Å²) in [6, 6.07) is 4.48. The number of benzene rings is 1. The Morgan fingerprint density at radius 1 is 1.65 bits per heavy atom. The van der Waals surface area contributed by atoms with Gasteiger partial charge >= 0.3 is 5.97 Å². The van der Waals surface area contributed by atoms with Gasteiger partial charge in [0.25, 0.3) is 0 Å². The molecule has 94 valence electrons. The fourth-order valence-electron chi connectivity index (χ4n) is 1.58. The second-order valence-electron chi connectivity index (χ2n) is 3.54. The van der Waals surface area contributed by atoms with Gasteiger partial charge in [-0.15, -0.1) is 0 Å². The molecule has 0 amide bonds. The summed E-state index contributed by atoms with van der Waals surface area (Å²) < 4.78 is 18.4. The second kappa shape index (κ2) is 7.05. The van der Waals surface area contributed by atoms with Crippen molar-refractivity contribution in [1.82, 2.24) is 0 Å². The number of rotatable bonds is 6. The Hall–Kier alpha value is -0.500. The third-order valence-electron chi connectivity index (χ3n) is 2.46. The first-order valence-electron chi connectivity index (χ1n) is 5.05. The fourth-order valence-corrected chi connectivity index (χ4v) is 2.36. The van der Waals surface area contributed by atoms with Crippen molar-refractivity contribution in [3.8, 4) is 5.75 Å². The molecule has 1 rings (SSSR count). The molecule has 0 saturated heterocycles. The smallest absolute Gasteiger partial charge is 0.303 e. The van der Waals surface area contributed by atoms with Crippen LogP contribution >= 0.6 is 30.4 Å². The average molecular weight is 370 g/mol. The number of halogens is 2. The van der Waals surface area contributed by atoms with Crippen molar-refractivity contribution in [3.05, 3.63) is 29.6 Å². The molecule has 0 radical (unpaired) electrons. The lowest BCUT2D eigenvalue weighted by Gasteiger charge is -2.14. The molecular weight excluding hydrogens is 358 g/mol.